The number of carbonyl (C=O) groups excluding carboxylic acids is 2. The van der Waals surface area contributed by atoms with Crippen LogP contribution in [0.25, 0.3) is 10.9 Å². The Morgan fingerprint density at radius 1 is 1.10 bits per heavy atom. The van der Waals surface area contributed by atoms with E-state index in [9.17, 15) is 14.4 Å². The summed E-state index contributed by atoms with van der Waals surface area (Å²) in [6, 6.07) is 12.8. The van der Waals surface area contributed by atoms with E-state index in [2.05, 4.69) is 9.97 Å². The Kier molecular flexibility index (Phi) is 5.25. The van der Waals surface area contributed by atoms with E-state index in [0.717, 1.165) is 19.3 Å². The second-order valence-electron chi connectivity index (χ2n) is 7.36. The van der Waals surface area contributed by atoms with Crippen molar-refractivity contribution >= 4 is 22.7 Å². The molecule has 1 aromatic heterocycles. The van der Waals surface area contributed by atoms with Crippen molar-refractivity contribution in [2.45, 2.75) is 45.1 Å². The monoisotopic (exact) mass is 390 g/mol. The summed E-state index contributed by atoms with van der Waals surface area (Å²) in [7, 11) is 0. The normalized spacial score (nSPS) is 13.8. The van der Waals surface area contributed by atoms with Crippen molar-refractivity contribution in [3.05, 3.63) is 75.3 Å². The van der Waals surface area contributed by atoms with Gasteiger partial charge < -0.3 is 9.72 Å². The van der Waals surface area contributed by atoms with Gasteiger partial charge >= 0.3 is 5.97 Å². The summed E-state index contributed by atoms with van der Waals surface area (Å²) >= 11 is 0. The highest BCUT2D eigenvalue weighted by molar-refractivity contribution is 5.97. The highest BCUT2D eigenvalue weighted by atomic mass is 16.5. The molecular formula is C23H22N2O4. The number of aromatic nitrogens is 2. The molecule has 6 nitrogen and oxygen atoms in total. The number of hydrogen-bond donors (Lipinski definition) is 1. The number of nitrogens with zero attached hydrogens (tertiary/aromatic N) is 1. The van der Waals surface area contributed by atoms with Crippen molar-refractivity contribution < 1.29 is 14.3 Å². The SMILES string of the molecule is CC(OC(=O)CCC(=O)c1ccc2c(c1)CCC2)c1nc2ccccc2c(=O)[nH]1. The molecule has 0 amide bonds. The fourth-order valence-corrected chi connectivity index (χ4v) is 3.71. The molecule has 0 spiro atoms. The molecular weight excluding hydrogens is 368 g/mol. The summed E-state index contributed by atoms with van der Waals surface area (Å²) in [5, 5.41) is 0.481. The molecule has 1 aliphatic rings. The lowest BCUT2D eigenvalue weighted by Gasteiger charge is -2.13. The van der Waals surface area contributed by atoms with Gasteiger partial charge in [0.1, 0.15) is 0 Å². The molecule has 0 radical (unpaired) electrons. The molecule has 1 unspecified atom stereocenters. The molecule has 6 heteroatoms. The van der Waals surface area contributed by atoms with Crippen molar-refractivity contribution in [2.75, 3.05) is 0 Å². The molecule has 1 N–H and O–H groups in total. The third-order valence-corrected chi connectivity index (χ3v) is 5.30. The van der Waals surface area contributed by atoms with Gasteiger partial charge in [-0.15, -0.1) is 0 Å². The molecule has 0 bridgehead atoms. The Morgan fingerprint density at radius 2 is 1.90 bits per heavy atom. The van der Waals surface area contributed by atoms with Gasteiger partial charge in [-0.05, 0) is 55.5 Å². The number of ether oxygens (including phenoxy) is 1. The van der Waals surface area contributed by atoms with E-state index in [1.807, 2.05) is 18.2 Å². The zero-order valence-electron chi connectivity index (χ0n) is 16.2. The highest BCUT2D eigenvalue weighted by Crippen LogP contribution is 2.23. The fourth-order valence-electron chi connectivity index (χ4n) is 3.71. The maximum absolute atomic E-state index is 12.4. The number of carbonyl (C=O) groups is 2. The summed E-state index contributed by atoms with van der Waals surface area (Å²) in [6.07, 6.45) is 2.56. The predicted octanol–water partition coefficient (Wildman–Crippen LogP) is 3.68. The van der Waals surface area contributed by atoms with Crippen LogP contribution >= 0.6 is 0 Å². The van der Waals surface area contributed by atoms with E-state index >= 15 is 0 Å². The lowest BCUT2D eigenvalue weighted by atomic mass is 10.0. The van der Waals surface area contributed by atoms with Crippen LogP contribution in [0.2, 0.25) is 0 Å². The van der Waals surface area contributed by atoms with Crippen LogP contribution in [0, 0.1) is 0 Å². The number of nitrogens with one attached hydrogen (secondary N) is 1. The largest absolute Gasteiger partial charge is 0.454 e. The van der Waals surface area contributed by atoms with Gasteiger partial charge in [0.2, 0.25) is 0 Å². The van der Waals surface area contributed by atoms with Crippen molar-refractivity contribution in [1.29, 1.82) is 0 Å². The molecule has 29 heavy (non-hydrogen) atoms. The van der Waals surface area contributed by atoms with Crippen LogP contribution in [0.15, 0.2) is 47.3 Å². The Bertz CT molecular complexity index is 1150. The van der Waals surface area contributed by atoms with Crippen LogP contribution in [-0.4, -0.2) is 21.7 Å². The molecule has 4 rings (SSSR count). The van der Waals surface area contributed by atoms with Crippen LogP contribution in [0.1, 0.15) is 59.6 Å². The first-order chi connectivity index (χ1) is 14.0. The Balaban J connectivity index is 1.37. The number of ketones is 1. The quantitative estimate of drug-likeness (QED) is 0.512. The first-order valence-corrected chi connectivity index (χ1v) is 9.85. The second-order valence-corrected chi connectivity index (χ2v) is 7.36. The van der Waals surface area contributed by atoms with Crippen LogP contribution < -0.4 is 5.56 Å². The molecule has 148 valence electrons. The van der Waals surface area contributed by atoms with Crippen molar-refractivity contribution in [3.8, 4) is 0 Å². The Hall–Kier alpha value is -3.28. The third kappa shape index (κ3) is 4.11. The van der Waals surface area contributed by atoms with Gasteiger partial charge in [0.05, 0.1) is 17.3 Å². The number of aromatic amines is 1. The molecule has 0 fully saturated rings. The van der Waals surface area contributed by atoms with Crippen LogP contribution in [0.4, 0.5) is 0 Å². The molecule has 2 aromatic carbocycles. The van der Waals surface area contributed by atoms with Gasteiger partial charge in [0, 0.05) is 12.0 Å². The van der Waals surface area contributed by atoms with E-state index < -0.39 is 12.1 Å². The Morgan fingerprint density at radius 3 is 2.76 bits per heavy atom. The first-order valence-electron chi connectivity index (χ1n) is 9.85. The van der Waals surface area contributed by atoms with Gasteiger partial charge in [0.15, 0.2) is 17.7 Å². The highest BCUT2D eigenvalue weighted by Gasteiger charge is 2.18. The molecule has 0 aliphatic heterocycles. The van der Waals surface area contributed by atoms with Gasteiger partial charge in [-0.3, -0.25) is 14.4 Å². The van der Waals surface area contributed by atoms with Crippen molar-refractivity contribution in [2.24, 2.45) is 0 Å². The zero-order valence-corrected chi connectivity index (χ0v) is 16.2. The summed E-state index contributed by atoms with van der Waals surface area (Å²) in [5.41, 5.74) is 3.46. The average Bonchev–Trinajstić information content (AvgIpc) is 3.19. The van der Waals surface area contributed by atoms with Gasteiger partial charge in [-0.2, -0.15) is 0 Å². The average molecular weight is 390 g/mol. The topological polar surface area (TPSA) is 89.1 Å². The second kappa shape index (κ2) is 7.99. The van der Waals surface area contributed by atoms with Crippen molar-refractivity contribution in [3.63, 3.8) is 0 Å². The number of benzene rings is 2. The summed E-state index contributed by atoms with van der Waals surface area (Å²) < 4.78 is 5.38. The number of para-hydroxylation sites is 1. The number of H-pyrrole nitrogens is 1. The molecule has 1 aliphatic carbocycles. The number of hydrogen-bond acceptors (Lipinski definition) is 5. The first kappa shape index (κ1) is 19.1. The summed E-state index contributed by atoms with van der Waals surface area (Å²) in [4.78, 5) is 43.8. The zero-order chi connectivity index (χ0) is 20.4. The number of esters is 1. The predicted molar refractivity (Wildman–Crippen MR) is 109 cm³/mol. The van der Waals surface area contributed by atoms with Crippen LogP contribution in [0.5, 0.6) is 0 Å². The third-order valence-electron chi connectivity index (χ3n) is 5.30. The van der Waals surface area contributed by atoms with Gasteiger partial charge in [-0.25, -0.2) is 4.98 Å². The maximum Gasteiger partial charge on any atom is 0.306 e. The smallest absolute Gasteiger partial charge is 0.306 e. The standard InChI is InChI=1S/C23H22N2O4/c1-14(22-24-19-8-3-2-7-18(19)23(28)25-22)29-21(27)12-11-20(26)17-10-9-15-5-4-6-16(15)13-17/h2-3,7-10,13-14H,4-6,11-12H2,1H3,(H,24,25,28). The molecule has 1 atom stereocenters. The number of aryl methyl sites for hydroxylation is 2. The van der Waals surface area contributed by atoms with Crippen LogP contribution in [-0.2, 0) is 22.4 Å². The number of rotatable bonds is 6. The Labute approximate surface area is 167 Å². The van der Waals surface area contributed by atoms with Crippen LogP contribution in [0.3, 0.4) is 0 Å². The number of fused-ring (bicyclic) bond motifs is 2. The minimum atomic E-state index is -0.713. The summed E-state index contributed by atoms with van der Waals surface area (Å²) in [5.74, 6) is -0.281. The van der Waals surface area contributed by atoms with E-state index in [1.54, 1.807) is 31.2 Å². The van der Waals surface area contributed by atoms with Crippen molar-refractivity contribution in [1.82, 2.24) is 9.97 Å². The summed E-state index contributed by atoms with van der Waals surface area (Å²) in [6.45, 7) is 1.65. The molecule has 3 aromatic rings. The van der Waals surface area contributed by atoms with Gasteiger partial charge in [0.25, 0.3) is 5.56 Å². The van der Waals surface area contributed by atoms with E-state index in [-0.39, 0.29) is 30.0 Å². The number of Topliss-reactive ketones (excluding diaryl/α,β-unsaturated/α-hetero) is 1. The van der Waals surface area contributed by atoms with E-state index in [4.69, 9.17) is 4.74 Å². The molecule has 0 saturated heterocycles. The molecule has 1 heterocycles. The lowest BCUT2D eigenvalue weighted by molar-refractivity contribution is -0.148. The van der Waals surface area contributed by atoms with E-state index in [0.29, 0.717) is 16.5 Å². The molecule has 0 saturated carbocycles. The fraction of sp³-hybridized carbons (Fsp3) is 0.304. The maximum atomic E-state index is 12.4. The van der Waals surface area contributed by atoms with Gasteiger partial charge in [-0.1, -0.05) is 24.3 Å². The minimum absolute atomic E-state index is 0.0158. The van der Waals surface area contributed by atoms with E-state index in [1.165, 1.54) is 11.1 Å². The minimum Gasteiger partial charge on any atom is -0.454 e. The lowest BCUT2D eigenvalue weighted by Crippen LogP contribution is -2.17.